The molecule has 40 heavy (non-hydrogen) atoms. The van der Waals surface area contributed by atoms with Gasteiger partial charge in [-0.2, -0.15) is 0 Å². The normalized spacial score (nSPS) is 27.2. The molecule has 1 rings (SSSR count). The highest BCUT2D eigenvalue weighted by Crippen LogP contribution is 2.24. The number of hydrogen-bond acceptors (Lipinski definition) is 8. The van der Waals surface area contributed by atoms with Crippen molar-refractivity contribution in [2.45, 2.75) is 129 Å². The van der Waals surface area contributed by atoms with Crippen molar-refractivity contribution >= 4 is 23.4 Å². The summed E-state index contributed by atoms with van der Waals surface area (Å²) in [6.07, 6.45) is 7.86. The van der Waals surface area contributed by atoms with Crippen LogP contribution in [0.5, 0.6) is 0 Å². The first-order chi connectivity index (χ1) is 18.6. The van der Waals surface area contributed by atoms with Crippen LogP contribution in [-0.4, -0.2) is 73.7 Å². The smallest absolute Gasteiger partial charge is 0.309 e. The van der Waals surface area contributed by atoms with Gasteiger partial charge in [-0.1, -0.05) is 44.7 Å². The lowest BCUT2D eigenvalue weighted by Crippen LogP contribution is -2.34. The van der Waals surface area contributed by atoms with E-state index in [0.717, 1.165) is 11.1 Å². The summed E-state index contributed by atoms with van der Waals surface area (Å²) < 4.78 is 11.7. The van der Waals surface area contributed by atoms with Gasteiger partial charge < -0.3 is 35.2 Å². The topological polar surface area (TPSA) is 128 Å². The van der Waals surface area contributed by atoms with Crippen molar-refractivity contribution in [2.24, 2.45) is 5.92 Å². The monoisotopic (exact) mass is 581 g/mol. The zero-order chi connectivity index (χ0) is 30.5. The predicted octanol–water partition coefficient (Wildman–Crippen LogP) is 4.42. The SMILES string of the molecule is C=C1CCC(O)CC(=O)OC(/C(C)=C/C=C/C(C)(O)CC(O)CCC(O)CC)C(C)/C=C/C1OC(=S)NC(C)C. The van der Waals surface area contributed by atoms with Crippen LogP contribution in [0.15, 0.2) is 48.1 Å². The molecule has 9 heteroatoms. The van der Waals surface area contributed by atoms with Crippen molar-refractivity contribution in [2.75, 3.05) is 0 Å². The number of hydrogen-bond donors (Lipinski definition) is 5. The first-order valence-corrected chi connectivity index (χ1v) is 14.7. The molecule has 0 aromatic heterocycles. The van der Waals surface area contributed by atoms with E-state index in [1.165, 1.54) is 0 Å². The molecule has 0 saturated carbocycles. The minimum absolute atomic E-state index is 0.111. The Morgan fingerprint density at radius 1 is 1.30 bits per heavy atom. The second-order valence-corrected chi connectivity index (χ2v) is 11.8. The zero-order valence-corrected chi connectivity index (χ0v) is 25.8. The highest BCUT2D eigenvalue weighted by atomic mass is 32.1. The van der Waals surface area contributed by atoms with Crippen LogP contribution in [0, 0.1) is 5.92 Å². The molecule has 0 aromatic rings. The van der Waals surface area contributed by atoms with E-state index in [1.807, 2.05) is 46.8 Å². The second kappa shape index (κ2) is 17.7. The lowest BCUT2D eigenvalue weighted by molar-refractivity contribution is -0.151. The summed E-state index contributed by atoms with van der Waals surface area (Å²) in [6, 6.07) is 0.111. The number of rotatable bonds is 11. The van der Waals surface area contributed by atoms with Crippen molar-refractivity contribution in [3.05, 3.63) is 48.1 Å². The van der Waals surface area contributed by atoms with Gasteiger partial charge in [-0.3, -0.25) is 4.79 Å². The molecule has 0 aliphatic carbocycles. The van der Waals surface area contributed by atoms with Crippen LogP contribution in [0.3, 0.4) is 0 Å². The minimum atomic E-state index is -1.26. The summed E-state index contributed by atoms with van der Waals surface area (Å²) >= 11 is 5.33. The third kappa shape index (κ3) is 14.6. The molecule has 0 saturated heterocycles. The summed E-state index contributed by atoms with van der Waals surface area (Å²) in [5, 5.41) is 44.5. The van der Waals surface area contributed by atoms with Gasteiger partial charge >= 0.3 is 5.97 Å². The van der Waals surface area contributed by atoms with Crippen molar-refractivity contribution in [3.8, 4) is 0 Å². The number of nitrogens with one attached hydrogen (secondary N) is 1. The number of ether oxygens (including phenoxy) is 2. The fourth-order valence-electron chi connectivity index (χ4n) is 4.35. The Hall–Kier alpha value is -2.04. The molecule has 0 fully saturated rings. The Kier molecular flexibility index (Phi) is 15.9. The Morgan fingerprint density at radius 3 is 2.58 bits per heavy atom. The Balaban J connectivity index is 3.09. The van der Waals surface area contributed by atoms with Crippen LogP contribution in [0.1, 0.15) is 86.5 Å². The van der Waals surface area contributed by atoms with E-state index >= 15 is 0 Å². The number of aliphatic hydroxyl groups excluding tert-OH is 3. The van der Waals surface area contributed by atoms with Crippen molar-refractivity contribution < 1.29 is 34.7 Å². The van der Waals surface area contributed by atoms with Crippen molar-refractivity contribution in [1.29, 1.82) is 0 Å². The quantitative estimate of drug-likeness (QED) is 0.104. The molecular formula is C31H51NO7S. The standard InChI is InChI=1S/C31H51NO7S/c1-8-24(33)14-15-26(35)19-31(7,37)17-9-10-22(5)29-23(6)12-16-27(38-30(40)32-20(2)3)21(4)11-13-25(34)18-28(36)39-29/h9-10,12,16-17,20,23-27,29,33-35,37H,4,8,11,13-15,18-19H2,1-3,5-7H3,(H,32,40)/b16-12+,17-9+,22-10+. The first kappa shape index (κ1) is 36.0. The number of carbonyl (C=O) groups is 1. The fourth-order valence-corrected chi connectivity index (χ4v) is 4.69. The second-order valence-electron chi connectivity index (χ2n) is 11.5. The van der Waals surface area contributed by atoms with E-state index in [2.05, 4.69) is 11.9 Å². The number of aliphatic hydroxyl groups is 4. The summed E-state index contributed by atoms with van der Waals surface area (Å²) in [7, 11) is 0. The molecule has 228 valence electrons. The van der Waals surface area contributed by atoms with Crippen LogP contribution in [0.25, 0.3) is 0 Å². The highest BCUT2D eigenvalue weighted by molar-refractivity contribution is 7.80. The lowest BCUT2D eigenvalue weighted by atomic mass is 9.93. The number of carbonyl (C=O) groups excluding carboxylic acids is 1. The van der Waals surface area contributed by atoms with E-state index in [9.17, 15) is 25.2 Å². The summed E-state index contributed by atoms with van der Waals surface area (Å²) in [6.45, 7) is 15.3. The molecule has 8 nitrogen and oxygen atoms in total. The molecule has 7 unspecified atom stereocenters. The van der Waals surface area contributed by atoms with E-state index < -0.39 is 42.1 Å². The summed E-state index contributed by atoms with van der Waals surface area (Å²) in [5.41, 5.74) is 0.216. The fraction of sp³-hybridized carbons (Fsp3) is 0.677. The van der Waals surface area contributed by atoms with Crippen LogP contribution in [0.2, 0.25) is 0 Å². The first-order valence-electron chi connectivity index (χ1n) is 14.3. The lowest BCUT2D eigenvalue weighted by Gasteiger charge is -2.26. The number of thiocarbonyl (C=S) groups is 1. The number of cyclic esters (lactones) is 1. The van der Waals surface area contributed by atoms with Gasteiger partial charge in [0, 0.05) is 18.4 Å². The van der Waals surface area contributed by atoms with Crippen molar-refractivity contribution in [3.63, 3.8) is 0 Å². The third-order valence-corrected chi connectivity index (χ3v) is 7.00. The summed E-state index contributed by atoms with van der Waals surface area (Å²) in [5.74, 6) is -0.747. The average Bonchev–Trinajstić information content (AvgIpc) is 2.84. The van der Waals surface area contributed by atoms with Crippen LogP contribution in [0.4, 0.5) is 0 Å². The van der Waals surface area contributed by atoms with Gasteiger partial charge in [0.2, 0.25) is 0 Å². The maximum Gasteiger partial charge on any atom is 0.309 e. The maximum absolute atomic E-state index is 12.6. The van der Waals surface area contributed by atoms with Crippen LogP contribution >= 0.6 is 12.2 Å². The molecule has 0 radical (unpaired) electrons. The Bertz CT molecular complexity index is 911. The number of allylic oxidation sites excluding steroid dienone is 2. The molecule has 1 aliphatic rings. The zero-order valence-electron chi connectivity index (χ0n) is 25.0. The van der Waals surface area contributed by atoms with Gasteiger partial charge in [-0.25, -0.2) is 0 Å². The van der Waals surface area contributed by atoms with Gasteiger partial charge in [-0.05, 0) is 89.2 Å². The third-order valence-electron chi connectivity index (χ3n) is 6.79. The molecule has 5 N–H and O–H groups in total. The maximum atomic E-state index is 12.6. The molecule has 0 bridgehead atoms. The van der Waals surface area contributed by atoms with Crippen LogP contribution in [-0.2, 0) is 14.3 Å². The minimum Gasteiger partial charge on any atom is -0.459 e. The molecule has 1 heterocycles. The van der Waals surface area contributed by atoms with E-state index in [0.29, 0.717) is 32.1 Å². The molecule has 1 aliphatic heterocycles. The van der Waals surface area contributed by atoms with E-state index in [-0.39, 0.29) is 30.0 Å². The van der Waals surface area contributed by atoms with Crippen LogP contribution < -0.4 is 5.32 Å². The molecule has 0 amide bonds. The Morgan fingerprint density at radius 2 is 1.95 bits per heavy atom. The molecular weight excluding hydrogens is 530 g/mol. The van der Waals surface area contributed by atoms with E-state index in [4.69, 9.17) is 21.7 Å². The highest BCUT2D eigenvalue weighted by Gasteiger charge is 2.26. The van der Waals surface area contributed by atoms with Gasteiger partial charge in [0.25, 0.3) is 5.17 Å². The predicted molar refractivity (Wildman–Crippen MR) is 163 cm³/mol. The summed E-state index contributed by atoms with van der Waals surface area (Å²) in [4.78, 5) is 12.6. The Labute approximate surface area is 245 Å². The molecule has 0 spiro atoms. The average molecular weight is 582 g/mol. The van der Waals surface area contributed by atoms with Gasteiger partial charge in [-0.15, -0.1) is 0 Å². The van der Waals surface area contributed by atoms with Crippen molar-refractivity contribution in [1.82, 2.24) is 5.32 Å². The molecule has 0 aromatic carbocycles. The van der Waals surface area contributed by atoms with Gasteiger partial charge in [0.1, 0.15) is 12.2 Å². The number of esters is 1. The largest absolute Gasteiger partial charge is 0.459 e. The molecule has 7 atom stereocenters. The van der Waals surface area contributed by atoms with Gasteiger partial charge in [0.15, 0.2) is 0 Å². The van der Waals surface area contributed by atoms with Gasteiger partial charge in [0.05, 0.1) is 30.3 Å². The van der Waals surface area contributed by atoms with E-state index in [1.54, 1.807) is 25.2 Å².